The molecule has 0 aliphatic carbocycles. The fourth-order valence-electron chi connectivity index (χ4n) is 1.60. The number of nitrogens with zero attached hydrogens (tertiary/aromatic N) is 2. The van der Waals surface area contributed by atoms with E-state index in [2.05, 4.69) is 31.2 Å². The van der Waals surface area contributed by atoms with E-state index in [-0.39, 0.29) is 0 Å². The lowest BCUT2D eigenvalue weighted by Crippen LogP contribution is -2.05. The Balaban J connectivity index is 2.35. The van der Waals surface area contributed by atoms with E-state index < -0.39 is 0 Å². The highest BCUT2D eigenvalue weighted by molar-refractivity contribution is 9.10. The lowest BCUT2D eigenvalue weighted by molar-refractivity contribution is 0.328. The predicted octanol–water partition coefficient (Wildman–Crippen LogP) is 3.93. The van der Waals surface area contributed by atoms with Crippen molar-refractivity contribution >= 4 is 44.7 Å². The molecule has 1 aromatic carbocycles. The lowest BCUT2D eigenvalue weighted by Gasteiger charge is -2.13. The van der Waals surface area contributed by atoms with Gasteiger partial charge in [0.1, 0.15) is 12.0 Å². The van der Waals surface area contributed by atoms with Crippen molar-refractivity contribution in [3.05, 3.63) is 33.5 Å². The first-order valence-electron chi connectivity index (χ1n) is 5.98. The smallest absolute Gasteiger partial charge is 0.242 e. The highest BCUT2D eigenvalue weighted by atomic mass is 79.9. The molecule has 0 saturated heterocycles. The number of ether oxygens (including phenoxy) is 1. The van der Waals surface area contributed by atoms with Crippen LogP contribution in [0.15, 0.2) is 22.9 Å². The molecule has 2 aromatic rings. The summed E-state index contributed by atoms with van der Waals surface area (Å²) in [6, 6.07) is 3.73. The maximum Gasteiger partial charge on any atom is 0.242 e. The molecule has 0 aliphatic rings. The standard InChI is InChI=1S/C13H14BrClN4O/c1-3-20-13-11(16)12(17-6-18-13)19-10-5-9(15)7(2)4-8(10)14/h4-6H,3,16H2,1-2H3,(H,17,18,19). The van der Waals surface area contributed by atoms with Crippen LogP contribution in [0, 0.1) is 6.92 Å². The number of benzene rings is 1. The number of nitrogen functional groups attached to an aromatic ring is 1. The zero-order valence-electron chi connectivity index (χ0n) is 11.1. The molecule has 0 saturated carbocycles. The Morgan fingerprint density at radius 2 is 2.15 bits per heavy atom. The fourth-order valence-corrected chi connectivity index (χ4v) is 2.32. The number of nitrogens with one attached hydrogen (secondary N) is 1. The third-order valence-electron chi connectivity index (χ3n) is 2.63. The molecule has 20 heavy (non-hydrogen) atoms. The number of anilines is 3. The summed E-state index contributed by atoms with van der Waals surface area (Å²) in [6.07, 6.45) is 1.40. The summed E-state index contributed by atoms with van der Waals surface area (Å²) in [6.45, 7) is 4.29. The van der Waals surface area contributed by atoms with Crippen LogP contribution in [0.1, 0.15) is 12.5 Å². The zero-order valence-corrected chi connectivity index (χ0v) is 13.4. The van der Waals surface area contributed by atoms with Gasteiger partial charge in [-0.25, -0.2) is 4.98 Å². The Bertz CT molecular complexity index is 636. The molecule has 1 heterocycles. The van der Waals surface area contributed by atoms with Gasteiger partial charge in [-0.05, 0) is 47.5 Å². The summed E-state index contributed by atoms with van der Waals surface area (Å²) in [5, 5.41) is 3.78. The number of hydrogen-bond donors (Lipinski definition) is 2. The van der Waals surface area contributed by atoms with Gasteiger partial charge in [0.05, 0.1) is 12.3 Å². The van der Waals surface area contributed by atoms with E-state index in [4.69, 9.17) is 22.1 Å². The molecule has 0 bridgehead atoms. The number of nitrogens with two attached hydrogens (primary N) is 1. The second-order valence-corrected chi connectivity index (χ2v) is 5.34. The summed E-state index contributed by atoms with van der Waals surface area (Å²) in [7, 11) is 0. The predicted molar refractivity (Wildman–Crippen MR) is 84.8 cm³/mol. The van der Waals surface area contributed by atoms with Crippen LogP contribution in [0.25, 0.3) is 0 Å². The minimum Gasteiger partial charge on any atom is -0.476 e. The quantitative estimate of drug-likeness (QED) is 0.867. The van der Waals surface area contributed by atoms with Crippen LogP contribution in [-0.4, -0.2) is 16.6 Å². The Morgan fingerprint density at radius 3 is 2.85 bits per heavy atom. The van der Waals surface area contributed by atoms with Crippen molar-refractivity contribution in [1.82, 2.24) is 9.97 Å². The van der Waals surface area contributed by atoms with Gasteiger partial charge in [0.2, 0.25) is 5.88 Å². The summed E-state index contributed by atoms with van der Waals surface area (Å²) >= 11 is 9.60. The maximum absolute atomic E-state index is 6.12. The minimum atomic E-state index is 0.359. The van der Waals surface area contributed by atoms with Gasteiger partial charge in [0.25, 0.3) is 0 Å². The first kappa shape index (κ1) is 14.9. The van der Waals surface area contributed by atoms with Gasteiger partial charge in [0, 0.05) is 9.50 Å². The van der Waals surface area contributed by atoms with E-state index in [9.17, 15) is 0 Å². The first-order valence-corrected chi connectivity index (χ1v) is 7.16. The Morgan fingerprint density at radius 1 is 1.40 bits per heavy atom. The molecule has 0 fully saturated rings. The summed E-state index contributed by atoms with van der Waals surface area (Å²) in [4.78, 5) is 8.11. The van der Waals surface area contributed by atoms with E-state index in [1.54, 1.807) is 0 Å². The van der Waals surface area contributed by atoms with Crippen molar-refractivity contribution in [2.75, 3.05) is 17.7 Å². The van der Waals surface area contributed by atoms with Crippen molar-refractivity contribution in [2.45, 2.75) is 13.8 Å². The second kappa shape index (κ2) is 6.28. The Hall–Kier alpha value is -1.53. The molecule has 3 N–H and O–H groups in total. The van der Waals surface area contributed by atoms with Gasteiger partial charge >= 0.3 is 0 Å². The Labute approximate surface area is 130 Å². The number of aromatic nitrogens is 2. The normalized spacial score (nSPS) is 10.4. The van der Waals surface area contributed by atoms with Gasteiger partial charge in [-0.3, -0.25) is 0 Å². The number of halogens is 2. The van der Waals surface area contributed by atoms with E-state index in [0.717, 1.165) is 15.7 Å². The molecular formula is C13H14BrClN4O. The molecule has 2 rings (SSSR count). The summed E-state index contributed by atoms with van der Waals surface area (Å²) < 4.78 is 6.20. The monoisotopic (exact) mass is 356 g/mol. The lowest BCUT2D eigenvalue weighted by atomic mass is 10.2. The Kier molecular flexibility index (Phi) is 4.67. The molecule has 0 spiro atoms. The van der Waals surface area contributed by atoms with Crippen molar-refractivity contribution in [3.63, 3.8) is 0 Å². The van der Waals surface area contributed by atoms with Crippen molar-refractivity contribution < 1.29 is 4.74 Å². The molecule has 0 amide bonds. The van der Waals surface area contributed by atoms with Crippen LogP contribution < -0.4 is 15.8 Å². The third-order valence-corrected chi connectivity index (χ3v) is 3.69. The molecule has 5 nitrogen and oxygen atoms in total. The maximum atomic E-state index is 6.12. The molecule has 7 heteroatoms. The number of rotatable bonds is 4. The van der Waals surface area contributed by atoms with Gasteiger partial charge in [-0.1, -0.05) is 11.6 Å². The number of hydrogen-bond acceptors (Lipinski definition) is 5. The molecule has 0 unspecified atom stereocenters. The number of aryl methyl sites for hydroxylation is 1. The van der Waals surface area contributed by atoms with Crippen LogP contribution in [0.2, 0.25) is 5.02 Å². The average Bonchev–Trinajstić information content (AvgIpc) is 2.40. The minimum absolute atomic E-state index is 0.359. The molecule has 0 aliphatic heterocycles. The average molecular weight is 358 g/mol. The zero-order chi connectivity index (χ0) is 14.7. The van der Waals surface area contributed by atoms with Gasteiger partial charge in [-0.2, -0.15) is 4.98 Å². The van der Waals surface area contributed by atoms with Crippen LogP contribution >= 0.6 is 27.5 Å². The first-order chi connectivity index (χ1) is 9.52. The molecule has 0 radical (unpaired) electrons. The molecule has 106 valence electrons. The summed E-state index contributed by atoms with van der Waals surface area (Å²) in [5.41, 5.74) is 8.09. The van der Waals surface area contributed by atoms with Gasteiger partial charge in [-0.15, -0.1) is 0 Å². The molecule has 1 aromatic heterocycles. The fraction of sp³-hybridized carbons (Fsp3) is 0.231. The van der Waals surface area contributed by atoms with Crippen LogP contribution in [0.5, 0.6) is 5.88 Å². The molecule has 0 atom stereocenters. The van der Waals surface area contributed by atoms with Crippen LogP contribution in [-0.2, 0) is 0 Å². The van der Waals surface area contributed by atoms with Gasteiger partial charge in [0.15, 0.2) is 5.82 Å². The van der Waals surface area contributed by atoms with E-state index in [0.29, 0.717) is 29.0 Å². The van der Waals surface area contributed by atoms with E-state index >= 15 is 0 Å². The molecular weight excluding hydrogens is 344 g/mol. The third kappa shape index (κ3) is 3.13. The van der Waals surface area contributed by atoms with Gasteiger partial charge < -0.3 is 15.8 Å². The largest absolute Gasteiger partial charge is 0.476 e. The highest BCUT2D eigenvalue weighted by Crippen LogP contribution is 2.33. The van der Waals surface area contributed by atoms with Crippen LogP contribution in [0.4, 0.5) is 17.2 Å². The van der Waals surface area contributed by atoms with Crippen molar-refractivity contribution in [3.8, 4) is 5.88 Å². The highest BCUT2D eigenvalue weighted by Gasteiger charge is 2.11. The topological polar surface area (TPSA) is 73.1 Å². The summed E-state index contributed by atoms with van der Waals surface area (Å²) in [5.74, 6) is 0.836. The van der Waals surface area contributed by atoms with Crippen molar-refractivity contribution in [1.29, 1.82) is 0 Å². The second-order valence-electron chi connectivity index (χ2n) is 4.08. The SMILES string of the molecule is CCOc1ncnc(Nc2cc(Cl)c(C)cc2Br)c1N. The van der Waals surface area contributed by atoms with Crippen LogP contribution in [0.3, 0.4) is 0 Å². The van der Waals surface area contributed by atoms with E-state index in [1.165, 1.54) is 6.33 Å². The van der Waals surface area contributed by atoms with Crippen molar-refractivity contribution in [2.24, 2.45) is 0 Å². The van der Waals surface area contributed by atoms with E-state index in [1.807, 2.05) is 26.0 Å².